The van der Waals surface area contributed by atoms with E-state index in [-0.39, 0.29) is 24.5 Å². The molecule has 1 N–H and O–H groups in total. The van der Waals surface area contributed by atoms with Crippen LogP contribution in [-0.2, 0) is 29.1 Å². The molecule has 0 saturated carbocycles. The van der Waals surface area contributed by atoms with Crippen LogP contribution in [-0.4, -0.2) is 81.4 Å². The summed E-state index contributed by atoms with van der Waals surface area (Å²) < 4.78 is 7.55. The van der Waals surface area contributed by atoms with E-state index in [9.17, 15) is 14.7 Å². The molecule has 3 aliphatic heterocycles. The fourth-order valence-corrected chi connectivity index (χ4v) is 6.49. The zero-order chi connectivity index (χ0) is 28.7. The summed E-state index contributed by atoms with van der Waals surface area (Å²) in [5, 5.41) is 16.8. The lowest BCUT2D eigenvalue weighted by molar-refractivity contribution is -0.129. The number of benzene rings is 2. The first-order valence-electron chi connectivity index (χ1n) is 14.3. The number of aromatic nitrogens is 2. The van der Waals surface area contributed by atoms with E-state index in [0.29, 0.717) is 37.6 Å². The number of rotatable bonds is 6. The molecule has 1 atom stereocenters. The molecular weight excluding hydrogens is 542 g/mol. The van der Waals surface area contributed by atoms with Gasteiger partial charge in [-0.2, -0.15) is 5.10 Å². The summed E-state index contributed by atoms with van der Waals surface area (Å²) in [5.74, 6) is 0.806. The minimum absolute atomic E-state index is 0.000615. The third-order valence-electron chi connectivity index (χ3n) is 8.53. The maximum atomic E-state index is 12.7. The maximum absolute atomic E-state index is 12.7. The number of hydrogen-bond acceptors (Lipinski definition) is 6. The van der Waals surface area contributed by atoms with Gasteiger partial charge in [0.15, 0.2) is 6.61 Å². The lowest BCUT2D eigenvalue weighted by Crippen LogP contribution is -2.51. The second-order valence-electron chi connectivity index (χ2n) is 11.3. The number of aryl methyl sites for hydroxylation is 1. The fraction of sp³-hybridized carbons (Fsp3) is 0.452. The number of anilines is 1. The van der Waals surface area contributed by atoms with Crippen LogP contribution < -0.4 is 9.64 Å². The van der Waals surface area contributed by atoms with Gasteiger partial charge in [0.25, 0.3) is 5.91 Å². The maximum Gasteiger partial charge on any atom is 0.265 e. The number of likely N-dealkylation sites (tertiary alicyclic amines) is 1. The summed E-state index contributed by atoms with van der Waals surface area (Å²) in [4.78, 5) is 30.9. The smallest absolute Gasteiger partial charge is 0.265 e. The van der Waals surface area contributed by atoms with Crippen LogP contribution in [0, 0.1) is 6.92 Å². The number of aliphatic hydroxyl groups is 1. The summed E-state index contributed by atoms with van der Waals surface area (Å²) in [7, 11) is 0. The highest BCUT2D eigenvalue weighted by Gasteiger charge is 2.34. The second-order valence-corrected chi connectivity index (χ2v) is 11.7. The molecule has 1 unspecified atom stereocenters. The zero-order valence-electron chi connectivity index (χ0n) is 23.6. The number of amides is 2. The molecule has 0 bridgehead atoms. The number of para-hydroxylation sites is 2. The van der Waals surface area contributed by atoms with Gasteiger partial charge in [0, 0.05) is 74.0 Å². The first-order valence-corrected chi connectivity index (χ1v) is 14.7. The Kier molecular flexibility index (Phi) is 7.76. The molecule has 10 heteroatoms. The highest BCUT2D eigenvalue weighted by atomic mass is 35.5. The molecule has 3 aromatic rings. The van der Waals surface area contributed by atoms with Gasteiger partial charge in [-0.05, 0) is 49.6 Å². The van der Waals surface area contributed by atoms with E-state index in [1.54, 1.807) is 6.92 Å². The lowest BCUT2D eigenvalue weighted by atomic mass is 9.99. The number of nitrogens with zero attached hydrogens (tertiary/aromatic N) is 5. The van der Waals surface area contributed by atoms with Crippen molar-refractivity contribution in [2.75, 3.05) is 37.7 Å². The standard InChI is InChI=1S/C31H36ClN5O4/c1-20-15-22(7-8-26(20)32)31-25-18-35(21(2)38)14-11-27(25)36(33-31)17-24(39)16-34-12-9-23(10-13-34)37-28-5-3-4-6-29(28)41-19-30(37)40/h3-8,15,23-24,39H,9-14,16-19H2,1-2H3. The first-order chi connectivity index (χ1) is 19.8. The van der Waals surface area contributed by atoms with Gasteiger partial charge >= 0.3 is 0 Å². The molecule has 0 spiro atoms. The number of piperidine rings is 1. The van der Waals surface area contributed by atoms with E-state index in [1.807, 2.05) is 63.9 Å². The Balaban J connectivity index is 1.14. The molecule has 1 saturated heterocycles. The molecule has 9 nitrogen and oxygen atoms in total. The van der Waals surface area contributed by atoms with Crippen molar-refractivity contribution in [3.05, 3.63) is 64.3 Å². The number of fused-ring (bicyclic) bond motifs is 2. The lowest BCUT2D eigenvalue weighted by Gasteiger charge is -2.41. The van der Waals surface area contributed by atoms with Crippen LogP contribution in [0.4, 0.5) is 5.69 Å². The topological polar surface area (TPSA) is 91.1 Å². The second kappa shape index (κ2) is 11.5. The van der Waals surface area contributed by atoms with Gasteiger partial charge in [0.1, 0.15) is 5.75 Å². The number of aliphatic hydroxyl groups excluding tert-OH is 1. The molecule has 2 amide bonds. The van der Waals surface area contributed by atoms with Crippen molar-refractivity contribution in [3.63, 3.8) is 0 Å². The number of carbonyl (C=O) groups excluding carboxylic acids is 2. The Morgan fingerprint density at radius 3 is 2.68 bits per heavy atom. The molecule has 41 heavy (non-hydrogen) atoms. The zero-order valence-corrected chi connectivity index (χ0v) is 24.3. The molecule has 216 valence electrons. The molecule has 3 aliphatic rings. The minimum Gasteiger partial charge on any atom is -0.482 e. The Morgan fingerprint density at radius 1 is 1.15 bits per heavy atom. The fourth-order valence-electron chi connectivity index (χ4n) is 6.37. The van der Waals surface area contributed by atoms with Crippen LogP contribution in [0.1, 0.15) is 36.6 Å². The molecule has 0 aliphatic carbocycles. The van der Waals surface area contributed by atoms with Crippen molar-refractivity contribution >= 4 is 29.1 Å². The monoisotopic (exact) mass is 577 g/mol. The van der Waals surface area contributed by atoms with Gasteiger partial charge in [0.2, 0.25) is 5.91 Å². The highest BCUT2D eigenvalue weighted by Crippen LogP contribution is 2.36. The molecule has 2 aromatic carbocycles. The van der Waals surface area contributed by atoms with Gasteiger partial charge in [-0.25, -0.2) is 0 Å². The Labute approximate surface area is 245 Å². The normalized spacial score (nSPS) is 18.6. The summed E-state index contributed by atoms with van der Waals surface area (Å²) in [5.41, 5.74) is 5.74. The molecule has 1 fully saturated rings. The van der Waals surface area contributed by atoms with Crippen molar-refractivity contribution in [3.8, 4) is 17.0 Å². The summed E-state index contributed by atoms with van der Waals surface area (Å²) in [6.45, 7) is 7.30. The predicted molar refractivity (Wildman–Crippen MR) is 157 cm³/mol. The molecule has 0 radical (unpaired) electrons. The van der Waals surface area contributed by atoms with E-state index in [1.165, 1.54) is 0 Å². The van der Waals surface area contributed by atoms with Crippen LogP contribution in [0.25, 0.3) is 11.3 Å². The van der Waals surface area contributed by atoms with Gasteiger partial charge in [-0.15, -0.1) is 0 Å². The molecular formula is C31H36ClN5O4. The number of carbonyl (C=O) groups is 2. The van der Waals surface area contributed by atoms with Crippen LogP contribution in [0.15, 0.2) is 42.5 Å². The summed E-state index contributed by atoms with van der Waals surface area (Å²) in [6.07, 6.45) is 1.77. The van der Waals surface area contributed by atoms with Gasteiger partial charge in [-0.1, -0.05) is 29.8 Å². The highest BCUT2D eigenvalue weighted by molar-refractivity contribution is 6.31. The van der Waals surface area contributed by atoms with Crippen LogP contribution in [0.5, 0.6) is 5.75 Å². The third kappa shape index (κ3) is 5.58. The van der Waals surface area contributed by atoms with Crippen molar-refractivity contribution in [2.24, 2.45) is 0 Å². The molecule has 6 rings (SSSR count). The molecule has 1 aromatic heterocycles. The van der Waals surface area contributed by atoms with E-state index in [2.05, 4.69) is 4.90 Å². The van der Waals surface area contributed by atoms with Gasteiger partial charge in [0.05, 0.1) is 24.0 Å². The Bertz CT molecular complexity index is 1460. The van der Waals surface area contributed by atoms with Crippen LogP contribution >= 0.6 is 11.6 Å². The SMILES string of the molecule is CC(=O)N1CCc2c(c(-c3ccc(Cl)c(C)c3)nn2CC(O)CN2CCC(N3C(=O)COc4ccccc43)CC2)C1. The van der Waals surface area contributed by atoms with Crippen molar-refractivity contribution < 1.29 is 19.4 Å². The number of halogens is 1. The third-order valence-corrected chi connectivity index (χ3v) is 8.95. The summed E-state index contributed by atoms with van der Waals surface area (Å²) >= 11 is 6.28. The number of hydrogen-bond donors (Lipinski definition) is 1. The van der Waals surface area contributed by atoms with Crippen LogP contribution in [0.3, 0.4) is 0 Å². The van der Waals surface area contributed by atoms with Crippen LogP contribution in [0.2, 0.25) is 5.02 Å². The van der Waals surface area contributed by atoms with E-state index >= 15 is 0 Å². The minimum atomic E-state index is -0.605. The average molecular weight is 578 g/mol. The van der Waals surface area contributed by atoms with E-state index < -0.39 is 6.10 Å². The van der Waals surface area contributed by atoms with E-state index in [4.69, 9.17) is 21.4 Å². The van der Waals surface area contributed by atoms with Crippen molar-refractivity contribution in [2.45, 2.75) is 58.3 Å². The first kappa shape index (κ1) is 27.8. The van der Waals surface area contributed by atoms with Gasteiger partial charge in [-0.3, -0.25) is 14.3 Å². The van der Waals surface area contributed by atoms with Crippen molar-refractivity contribution in [1.29, 1.82) is 0 Å². The average Bonchev–Trinajstić information content (AvgIpc) is 3.32. The Hall–Kier alpha value is -3.40. The largest absolute Gasteiger partial charge is 0.482 e. The molecule has 4 heterocycles. The predicted octanol–water partition coefficient (Wildman–Crippen LogP) is 3.67. The van der Waals surface area contributed by atoms with Gasteiger partial charge < -0.3 is 24.5 Å². The number of ether oxygens (including phenoxy) is 1. The number of β-amino-alcohol motifs (C(OH)–C–C–N with tert-alkyl or cyclic N) is 1. The Morgan fingerprint density at radius 2 is 1.93 bits per heavy atom. The summed E-state index contributed by atoms with van der Waals surface area (Å²) in [6, 6.07) is 13.7. The quantitative estimate of drug-likeness (QED) is 0.481. The van der Waals surface area contributed by atoms with E-state index in [0.717, 1.165) is 65.4 Å². The van der Waals surface area contributed by atoms with Crippen molar-refractivity contribution in [1.82, 2.24) is 19.6 Å².